The smallest absolute Gasteiger partial charge is 0.305 e. The fraction of sp³-hybridized carbons (Fsp3) is 0.741. The summed E-state index contributed by atoms with van der Waals surface area (Å²) >= 11 is 0. The van der Waals surface area contributed by atoms with Crippen LogP contribution in [0, 0.1) is 0 Å². The van der Waals surface area contributed by atoms with Gasteiger partial charge in [0.05, 0.1) is 125 Å². The molecule has 13 heteroatoms. The predicted molar refractivity (Wildman–Crippen MR) is 146 cm³/mol. The van der Waals surface area contributed by atoms with E-state index in [0.29, 0.717) is 125 Å². The summed E-state index contributed by atoms with van der Waals surface area (Å²) in [4.78, 5) is 10.3. The molecular formula is C27H47NO12. The second-order valence-corrected chi connectivity index (χ2v) is 8.07. The summed E-state index contributed by atoms with van der Waals surface area (Å²) in [7, 11) is 0. The molecular weight excluding hydrogens is 530 g/mol. The summed E-state index contributed by atoms with van der Waals surface area (Å²) in [6.45, 7) is 8.74. The molecule has 1 rings (SSSR count). The van der Waals surface area contributed by atoms with Crippen molar-refractivity contribution >= 4 is 11.7 Å². The van der Waals surface area contributed by atoms with E-state index in [9.17, 15) is 4.79 Å². The monoisotopic (exact) mass is 577 g/mol. The van der Waals surface area contributed by atoms with Crippen molar-refractivity contribution in [2.75, 3.05) is 131 Å². The predicted octanol–water partition coefficient (Wildman–Crippen LogP) is 1.27. The SMILES string of the molecule is Nc1ccc(OCCOCCOCCOCCOCCOCCOCCOCCOCCOCCC(=O)O)cc1. The summed E-state index contributed by atoms with van der Waals surface area (Å²) in [5.41, 5.74) is 6.33. The molecule has 40 heavy (non-hydrogen) atoms. The average Bonchev–Trinajstić information content (AvgIpc) is 2.95. The topological polar surface area (TPSA) is 156 Å². The van der Waals surface area contributed by atoms with Crippen molar-refractivity contribution in [3.63, 3.8) is 0 Å². The Morgan fingerprint density at radius 1 is 0.475 bits per heavy atom. The van der Waals surface area contributed by atoms with Crippen LogP contribution in [0.15, 0.2) is 24.3 Å². The number of carboxylic acid groups (broad SMARTS) is 1. The second-order valence-electron chi connectivity index (χ2n) is 8.07. The Morgan fingerprint density at radius 3 is 1.05 bits per heavy atom. The lowest BCUT2D eigenvalue weighted by Gasteiger charge is -2.09. The molecule has 0 bridgehead atoms. The van der Waals surface area contributed by atoms with Crippen LogP contribution in [0.2, 0.25) is 0 Å². The van der Waals surface area contributed by atoms with Gasteiger partial charge in [-0.05, 0) is 24.3 Å². The highest BCUT2D eigenvalue weighted by Gasteiger charge is 1.98. The molecule has 0 aliphatic carbocycles. The van der Waals surface area contributed by atoms with E-state index >= 15 is 0 Å². The summed E-state index contributed by atoms with van der Waals surface area (Å²) in [6.07, 6.45) is -0.00142. The lowest BCUT2D eigenvalue weighted by molar-refractivity contribution is -0.138. The van der Waals surface area contributed by atoms with Crippen LogP contribution < -0.4 is 10.5 Å². The molecule has 1 aromatic carbocycles. The molecule has 0 fully saturated rings. The largest absolute Gasteiger partial charge is 0.491 e. The highest BCUT2D eigenvalue weighted by Crippen LogP contribution is 2.12. The molecule has 0 saturated carbocycles. The van der Waals surface area contributed by atoms with Crippen LogP contribution in [-0.4, -0.2) is 137 Å². The van der Waals surface area contributed by atoms with Crippen molar-refractivity contribution in [2.45, 2.75) is 6.42 Å². The zero-order valence-corrected chi connectivity index (χ0v) is 23.5. The fourth-order valence-corrected chi connectivity index (χ4v) is 2.80. The van der Waals surface area contributed by atoms with Gasteiger partial charge in [0.1, 0.15) is 12.4 Å². The number of ether oxygens (including phenoxy) is 10. The minimum absolute atomic E-state index is 0.00142. The van der Waals surface area contributed by atoms with Crippen LogP contribution >= 0.6 is 0 Å². The molecule has 0 aliphatic rings. The normalized spacial score (nSPS) is 11.2. The summed E-state index contributed by atoms with van der Waals surface area (Å²) < 4.78 is 54.0. The van der Waals surface area contributed by atoms with Crippen molar-refractivity contribution < 1.29 is 57.3 Å². The first-order chi connectivity index (χ1) is 19.7. The van der Waals surface area contributed by atoms with Gasteiger partial charge in [-0.2, -0.15) is 0 Å². The van der Waals surface area contributed by atoms with Crippen molar-refractivity contribution in [1.29, 1.82) is 0 Å². The van der Waals surface area contributed by atoms with Crippen LogP contribution in [0.5, 0.6) is 5.75 Å². The third-order valence-electron chi connectivity index (χ3n) is 4.81. The fourth-order valence-electron chi connectivity index (χ4n) is 2.80. The molecule has 0 aliphatic heterocycles. The first-order valence-corrected chi connectivity index (χ1v) is 13.6. The van der Waals surface area contributed by atoms with Gasteiger partial charge in [-0.25, -0.2) is 0 Å². The number of benzene rings is 1. The molecule has 0 aromatic heterocycles. The van der Waals surface area contributed by atoms with Crippen LogP contribution in [0.4, 0.5) is 5.69 Å². The molecule has 13 nitrogen and oxygen atoms in total. The summed E-state index contributed by atoms with van der Waals surface area (Å²) in [6, 6.07) is 7.24. The number of hydrogen-bond donors (Lipinski definition) is 2. The van der Waals surface area contributed by atoms with Gasteiger partial charge in [-0.1, -0.05) is 0 Å². The molecule has 232 valence electrons. The van der Waals surface area contributed by atoms with E-state index in [1.165, 1.54) is 0 Å². The molecule has 1 aromatic rings. The Kier molecular flexibility index (Phi) is 25.6. The molecule has 0 heterocycles. The van der Waals surface area contributed by atoms with Crippen LogP contribution in [-0.2, 0) is 47.4 Å². The highest BCUT2D eigenvalue weighted by molar-refractivity contribution is 5.66. The second kappa shape index (κ2) is 28.5. The zero-order chi connectivity index (χ0) is 28.8. The van der Waals surface area contributed by atoms with E-state index in [1.807, 2.05) is 12.1 Å². The molecule has 0 radical (unpaired) electrons. The lowest BCUT2D eigenvalue weighted by atomic mass is 10.3. The van der Waals surface area contributed by atoms with E-state index in [0.717, 1.165) is 5.75 Å². The van der Waals surface area contributed by atoms with Crippen LogP contribution in [0.25, 0.3) is 0 Å². The minimum atomic E-state index is -0.874. The Hall–Kier alpha value is -2.07. The minimum Gasteiger partial charge on any atom is -0.491 e. The van der Waals surface area contributed by atoms with Gasteiger partial charge < -0.3 is 58.2 Å². The number of aliphatic carboxylic acids is 1. The maximum atomic E-state index is 10.3. The number of nitrogen functional groups attached to an aromatic ring is 1. The number of carbonyl (C=O) groups is 1. The van der Waals surface area contributed by atoms with Crippen molar-refractivity contribution in [1.82, 2.24) is 0 Å². The first-order valence-electron chi connectivity index (χ1n) is 13.6. The number of carboxylic acids is 1. The summed E-state index contributed by atoms with van der Waals surface area (Å²) in [5, 5.41) is 8.47. The quantitative estimate of drug-likeness (QED) is 0.0962. The number of rotatable bonds is 31. The third-order valence-corrected chi connectivity index (χ3v) is 4.81. The zero-order valence-electron chi connectivity index (χ0n) is 23.5. The Labute approximate surface area is 237 Å². The van der Waals surface area contributed by atoms with Gasteiger partial charge in [-0.3, -0.25) is 4.79 Å². The Morgan fingerprint density at radius 2 is 0.750 bits per heavy atom. The highest BCUT2D eigenvalue weighted by atomic mass is 16.6. The number of anilines is 1. The average molecular weight is 578 g/mol. The van der Waals surface area contributed by atoms with Crippen LogP contribution in [0.1, 0.15) is 6.42 Å². The van der Waals surface area contributed by atoms with Gasteiger partial charge in [-0.15, -0.1) is 0 Å². The van der Waals surface area contributed by atoms with Crippen molar-refractivity contribution in [3.05, 3.63) is 24.3 Å². The Balaban J connectivity index is 1.64. The number of hydrogen-bond acceptors (Lipinski definition) is 12. The maximum Gasteiger partial charge on any atom is 0.305 e. The molecule has 0 atom stereocenters. The molecule has 0 amide bonds. The Bertz CT molecular complexity index is 680. The van der Waals surface area contributed by atoms with Gasteiger partial charge >= 0.3 is 5.97 Å². The van der Waals surface area contributed by atoms with E-state index in [1.54, 1.807) is 12.1 Å². The molecule has 3 N–H and O–H groups in total. The lowest BCUT2D eigenvalue weighted by Crippen LogP contribution is -2.15. The molecule has 0 spiro atoms. The van der Waals surface area contributed by atoms with Gasteiger partial charge in [0.15, 0.2) is 0 Å². The third kappa shape index (κ3) is 26.2. The van der Waals surface area contributed by atoms with Gasteiger partial charge in [0.2, 0.25) is 0 Å². The van der Waals surface area contributed by atoms with E-state index in [-0.39, 0.29) is 13.0 Å². The molecule has 0 saturated heterocycles. The van der Waals surface area contributed by atoms with E-state index in [4.69, 9.17) is 58.2 Å². The summed E-state index contributed by atoms with van der Waals surface area (Å²) in [5.74, 6) is -0.107. The van der Waals surface area contributed by atoms with Crippen molar-refractivity contribution in [2.24, 2.45) is 0 Å². The molecule has 0 unspecified atom stereocenters. The van der Waals surface area contributed by atoms with Crippen LogP contribution in [0.3, 0.4) is 0 Å². The first kappa shape index (κ1) is 36.0. The van der Waals surface area contributed by atoms with Gasteiger partial charge in [0, 0.05) is 5.69 Å². The van der Waals surface area contributed by atoms with Gasteiger partial charge in [0.25, 0.3) is 0 Å². The number of nitrogens with two attached hydrogens (primary N) is 1. The van der Waals surface area contributed by atoms with E-state index in [2.05, 4.69) is 0 Å². The van der Waals surface area contributed by atoms with E-state index < -0.39 is 5.97 Å². The standard InChI is InChI=1S/C27H47NO12/c28-25-1-3-26(4-2-25)40-24-23-39-22-21-38-20-19-37-18-17-36-16-15-35-14-13-34-12-11-33-10-9-32-8-7-31-6-5-27(29)30/h1-4H,5-24,28H2,(H,29,30). The maximum absolute atomic E-state index is 10.3. The van der Waals surface area contributed by atoms with Crippen molar-refractivity contribution in [3.8, 4) is 5.75 Å².